The molecule has 24 heavy (non-hydrogen) atoms. The summed E-state index contributed by atoms with van der Waals surface area (Å²) < 4.78 is 5.86. The minimum Gasteiger partial charge on any atom is -0.454 e. The molecule has 3 rings (SSSR count). The van der Waals surface area contributed by atoms with Gasteiger partial charge in [0.2, 0.25) is 5.78 Å². The first-order valence-electron chi connectivity index (χ1n) is 7.10. The summed E-state index contributed by atoms with van der Waals surface area (Å²) in [5.74, 6) is -0.786. The van der Waals surface area contributed by atoms with Crippen molar-refractivity contribution in [1.82, 2.24) is 4.98 Å². The first kappa shape index (κ1) is 16.5. The van der Waals surface area contributed by atoms with E-state index < -0.39 is 5.97 Å². The van der Waals surface area contributed by atoms with Gasteiger partial charge in [0.25, 0.3) is 0 Å². The highest BCUT2D eigenvalue weighted by Gasteiger charge is 2.10. The van der Waals surface area contributed by atoms with Gasteiger partial charge in [0, 0.05) is 23.2 Å². The summed E-state index contributed by atoms with van der Waals surface area (Å²) in [4.78, 5) is 28.6. The normalized spacial score (nSPS) is 11.0. The molecule has 0 fully saturated rings. The van der Waals surface area contributed by atoms with Gasteiger partial charge >= 0.3 is 5.97 Å². The highest BCUT2D eigenvalue weighted by Crippen LogP contribution is 2.22. The molecular formula is C18H12BrNO3S. The number of Topliss-reactive ketones (excluding diaryl/α,β-unsaturated/α-hetero) is 1. The van der Waals surface area contributed by atoms with Crippen molar-refractivity contribution in [2.24, 2.45) is 0 Å². The van der Waals surface area contributed by atoms with Crippen molar-refractivity contribution in [3.8, 4) is 0 Å². The smallest absolute Gasteiger partial charge is 0.331 e. The maximum Gasteiger partial charge on any atom is 0.331 e. The number of pyridine rings is 1. The number of nitrogens with zero attached hydrogens (tertiary/aromatic N) is 1. The summed E-state index contributed by atoms with van der Waals surface area (Å²) >= 11 is 4.60. The molecule has 4 nitrogen and oxygen atoms in total. The average molecular weight is 402 g/mol. The van der Waals surface area contributed by atoms with E-state index in [0.717, 1.165) is 20.3 Å². The number of thiophene rings is 1. The molecule has 0 saturated carbocycles. The van der Waals surface area contributed by atoms with E-state index in [2.05, 4.69) is 20.9 Å². The fourth-order valence-electron chi connectivity index (χ4n) is 2.14. The number of ketones is 1. The number of fused-ring (bicyclic) bond motifs is 1. The van der Waals surface area contributed by atoms with Crippen molar-refractivity contribution in [2.75, 3.05) is 6.61 Å². The fourth-order valence-corrected chi connectivity index (χ4v) is 3.45. The topological polar surface area (TPSA) is 56.3 Å². The van der Waals surface area contributed by atoms with Gasteiger partial charge in [0.1, 0.15) is 0 Å². The summed E-state index contributed by atoms with van der Waals surface area (Å²) in [6.07, 6.45) is 4.65. The number of hydrogen-bond acceptors (Lipinski definition) is 5. The van der Waals surface area contributed by atoms with Gasteiger partial charge in [-0.1, -0.05) is 24.3 Å². The molecule has 2 heterocycles. The Morgan fingerprint density at radius 3 is 2.79 bits per heavy atom. The molecule has 0 N–H and O–H groups in total. The van der Waals surface area contributed by atoms with Crippen LogP contribution in [0.4, 0.5) is 0 Å². The van der Waals surface area contributed by atoms with E-state index in [-0.39, 0.29) is 12.4 Å². The lowest BCUT2D eigenvalue weighted by Gasteiger charge is -2.01. The van der Waals surface area contributed by atoms with Crippen LogP contribution < -0.4 is 0 Å². The van der Waals surface area contributed by atoms with Crippen LogP contribution in [0.5, 0.6) is 0 Å². The van der Waals surface area contributed by atoms with E-state index in [4.69, 9.17) is 4.74 Å². The van der Waals surface area contributed by atoms with Crippen LogP contribution in [0.15, 0.2) is 58.5 Å². The van der Waals surface area contributed by atoms with Gasteiger partial charge in [0.05, 0.1) is 14.2 Å². The quantitative estimate of drug-likeness (QED) is 0.358. The van der Waals surface area contributed by atoms with Crippen molar-refractivity contribution in [2.45, 2.75) is 0 Å². The third-order valence-corrected chi connectivity index (χ3v) is 4.92. The second kappa shape index (κ2) is 7.51. The summed E-state index contributed by atoms with van der Waals surface area (Å²) in [7, 11) is 0. The van der Waals surface area contributed by atoms with E-state index >= 15 is 0 Å². The van der Waals surface area contributed by atoms with Crippen LogP contribution in [-0.2, 0) is 9.53 Å². The van der Waals surface area contributed by atoms with Gasteiger partial charge in [0.15, 0.2) is 6.61 Å². The lowest BCUT2D eigenvalue weighted by atomic mass is 10.1. The molecule has 0 aliphatic rings. The molecule has 0 aliphatic heterocycles. The van der Waals surface area contributed by atoms with Crippen molar-refractivity contribution < 1.29 is 14.3 Å². The molecule has 0 aliphatic carbocycles. The Bertz CT molecular complexity index is 927. The summed E-state index contributed by atoms with van der Waals surface area (Å²) in [6, 6.07) is 13.0. The fraction of sp³-hybridized carbons (Fsp3) is 0.0556. The number of hydrogen-bond donors (Lipinski definition) is 0. The zero-order valence-electron chi connectivity index (χ0n) is 12.4. The van der Waals surface area contributed by atoms with E-state index in [1.54, 1.807) is 24.4 Å². The molecule has 0 saturated heterocycles. The number of ether oxygens (including phenoxy) is 1. The Morgan fingerprint density at radius 1 is 1.17 bits per heavy atom. The number of halogens is 1. The Labute approximate surface area is 150 Å². The van der Waals surface area contributed by atoms with Crippen molar-refractivity contribution in [3.63, 3.8) is 0 Å². The maximum absolute atomic E-state index is 11.9. The first-order valence-corrected chi connectivity index (χ1v) is 8.71. The standard InChI is InChI=1S/C18H12BrNO3S/c19-16-8-7-15(24-16)14(21)11-23-17(22)9-6-13-4-1-3-12-5-2-10-20-18(12)13/h1-10H,11H2/b9-6+. The Kier molecular flexibility index (Phi) is 5.17. The predicted molar refractivity (Wildman–Crippen MR) is 98.1 cm³/mol. The van der Waals surface area contributed by atoms with Crippen molar-refractivity contribution >= 4 is 56.0 Å². The molecule has 0 spiro atoms. The maximum atomic E-state index is 11.9. The SMILES string of the molecule is O=C(/C=C/c1cccc2cccnc12)OCC(=O)c1ccc(Br)s1. The number of benzene rings is 1. The third-order valence-electron chi connectivity index (χ3n) is 3.26. The van der Waals surface area contributed by atoms with Crippen LogP contribution in [0.25, 0.3) is 17.0 Å². The molecule has 0 unspecified atom stereocenters. The number of para-hydroxylation sites is 1. The Hall–Kier alpha value is -2.31. The number of carbonyl (C=O) groups excluding carboxylic acids is 2. The molecule has 1 aromatic carbocycles. The molecule has 0 bridgehead atoms. The molecule has 120 valence electrons. The first-order chi connectivity index (χ1) is 11.6. The summed E-state index contributed by atoms with van der Waals surface area (Å²) in [5, 5.41) is 0.992. The lowest BCUT2D eigenvalue weighted by Crippen LogP contribution is -2.11. The van der Waals surface area contributed by atoms with Gasteiger partial charge < -0.3 is 4.74 Å². The Morgan fingerprint density at radius 2 is 2.00 bits per heavy atom. The van der Waals surface area contributed by atoms with E-state index in [9.17, 15) is 9.59 Å². The number of esters is 1. The van der Waals surface area contributed by atoms with Gasteiger partial charge in [-0.05, 0) is 40.2 Å². The molecule has 0 atom stereocenters. The minimum absolute atomic E-state index is 0.223. The van der Waals surface area contributed by atoms with E-state index in [1.165, 1.54) is 17.4 Å². The lowest BCUT2D eigenvalue weighted by molar-refractivity contribution is -0.136. The monoisotopic (exact) mass is 401 g/mol. The van der Waals surface area contributed by atoms with Gasteiger partial charge in [-0.25, -0.2) is 4.79 Å². The highest BCUT2D eigenvalue weighted by molar-refractivity contribution is 9.11. The van der Waals surface area contributed by atoms with Gasteiger partial charge in [-0.15, -0.1) is 11.3 Å². The zero-order chi connectivity index (χ0) is 16.9. The molecule has 0 radical (unpaired) electrons. The molecular weight excluding hydrogens is 390 g/mol. The van der Waals surface area contributed by atoms with Crippen LogP contribution in [0, 0.1) is 0 Å². The third kappa shape index (κ3) is 3.96. The molecule has 2 aromatic heterocycles. The minimum atomic E-state index is -0.563. The van der Waals surface area contributed by atoms with Crippen molar-refractivity contribution in [3.05, 3.63) is 69.0 Å². The predicted octanol–water partition coefficient (Wildman–Crippen LogP) is 4.50. The second-order valence-electron chi connectivity index (χ2n) is 4.89. The largest absolute Gasteiger partial charge is 0.454 e. The van der Waals surface area contributed by atoms with Crippen LogP contribution in [-0.4, -0.2) is 23.3 Å². The molecule has 6 heteroatoms. The molecule has 3 aromatic rings. The molecule has 0 amide bonds. The second-order valence-corrected chi connectivity index (χ2v) is 7.35. The summed E-state index contributed by atoms with van der Waals surface area (Å²) in [6.45, 7) is -0.274. The average Bonchev–Trinajstić information content (AvgIpc) is 3.04. The van der Waals surface area contributed by atoms with Crippen LogP contribution >= 0.6 is 27.3 Å². The zero-order valence-corrected chi connectivity index (χ0v) is 14.8. The number of aromatic nitrogens is 1. The summed E-state index contributed by atoms with van der Waals surface area (Å²) in [5.41, 5.74) is 1.63. The van der Waals surface area contributed by atoms with Crippen LogP contribution in [0.3, 0.4) is 0 Å². The van der Waals surface area contributed by atoms with Gasteiger partial charge in [-0.2, -0.15) is 0 Å². The van der Waals surface area contributed by atoms with Crippen molar-refractivity contribution in [1.29, 1.82) is 0 Å². The number of carbonyl (C=O) groups is 2. The van der Waals surface area contributed by atoms with Crippen LogP contribution in [0.1, 0.15) is 15.2 Å². The van der Waals surface area contributed by atoms with Gasteiger partial charge in [-0.3, -0.25) is 9.78 Å². The number of rotatable bonds is 5. The Balaban J connectivity index is 1.64. The van der Waals surface area contributed by atoms with Crippen LogP contribution in [0.2, 0.25) is 0 Å². The van der Waals surface area contributed by atoms with E-state index in [1.807, 2.05) is 30.3 Å². The van der Waals surface area contributed by atoms with E-state index in [0.29, 0.717) is 4.88 Å². The highest BCUT2D eigenvalue weighted by atomic mass is 79.9.